The highest BCUT2D eigenvalue weighted by Gasteiger charge is 2.30. The first-order valence-corrected chi connectivity index (χ1v) is 8.97. The van der Waals surface area contributed by atoms with E-state index < -0.39 is 11.7 Å². The Morgan fingerprint density at radius 2 is 1.41 bits per heavy atom. The summed E-state index contributed by atoms with van der Waals surface area (Å²) in [7, 11) is 0. The molecule has 2 rings (SSSR count). The summed E-state index contributed by atoms with van der Waals surface area (Å²) in [5.74, 6) is 0.0968. The third-order valence-electron chi connectivity index (χ3n) is 4.39. The molecule has 0 spiro atoms. The van der Waals surface area contributed by atoms with Gasteiger partial charge < -0.3 is 10.4 Å². The molecule has 2 aromatic carbocycles. The monoisotopic (exact) mass is 379 g/mol. The van der Waals surface area contributed by atoms with Crippen molar-refractivity contribution in [2.45, 2.75) is 65.2 Å². The van der Waals surface area contributed by atoms with Gasteiger partial charge in [0, 0.05) is 23.2 Å². The zero-order valence-corrected chi connectivity index (χ0v) is 16.8. The van der Waals surface area contributed by atoms with Crippen molar-refractivity contribution < 1.29 is 18.3 Å². The van der Waals surface area contributed by atoms with Crippen LogP contribution in [-0.4, -0.2) is 10.6 Å². The number of hydrogen-bond acceptors (Lipinski definition) is 2. The zero-order valence-electron chi connectivity index (χ0n) is 16.8. The van der Waals surface area contributed by atoms with E-state index in [1.807, 2.05) is 32.9 Å². The third-order valence-corrected chi connectivity index (χ3v) is 4.39. The molecule has 0 saturated carbocycles. The van der Waals surface area contributed by atoms with Gasteiger partial charge in [-0.05, 0) is 55.5 Å². The lowest BCUT2D eigenvalue weighted by molar-refractivity contribution is -0.137. The summed E-state index contributed by atoms with van der Waals surface area (Å²) in [6.07, 6.45) is -4.38. The molecule has 27 heavy (non-hydrogen) atoms. The molecule has 0 amide bonds. The number of phenols is 1. The Morgan fingerprint density at radius 1 is 0.852 bits per heavy atom. The average molecular weight is 379 g/mol. The number of aromatic hydroxyl groups is 1. The lowest BCUT2D eigenvalue weighted by atomic mass is 9.83. The molecule has 0 atom stereocenters. The van der Waals surface area contributed by atoms with Gasteiger partial charge in [-0.2, -0.15) is 13.2 Å². The second kappa shape index (κ2) is 7.19. The van der Waals surface area contributed by atoms with Crippen LogP contribution in [0.5, 0.6) is 5.75 Å². The first-order chi connectivity index (χ1) is 12.2. The summed E-state index contributed by atoms with van der Waals surface area (Å²) in [4.78, 5) is 0. The van der Waals surface area contributed by atoms with E-state index in [-0.39, 0.29) is 16.7 Å². The number of phenolic OH excluding ortho intramolecular Hbond substituents is 1. The highest BCUT2D eigenvalue weighted by molar-refractivity contribution is 5.73. The van der Waals surface area contributed by atoms with Gasteiger partial charge >= 0.3 is 6.18 Å². The van der Waals surface area contributed by atoms with E-state index in [1.165, 1.54) is 12.1 Å². The van der Waals surface area contributed by atoms with Gasteiger partial charge in [-0.15, -0.1) is 0 Å². The van der Waals surface area contributed by atoms with Crippen LogP contribution in [0.15, 0.2) is 36.4 Å². The van der Waals surface area contributed by atoms with Crippen molar-refractivity contribution in [1.82, 2.24) is 5.32 Å². The molecule has 0 heterocycles. The molecule has 148 valence electrons. The summed E-state index contributed by atoms with van der Waals surface area (Å²) in [5, 5.41) is 14.2. The average Bonchev–Trinajstić information content (AvgIpc) is 2.51. The number of rotatable bonds is 3. The minimum Gasteiger partial charge on any atom is -0.507 e. The Bertz CT molecular complexity index is 795. The van der Waals surface area contributed by atoms with Crippen molar-refractivity contribution in [3.8, 4) is 16.9 Å². The predicted molar refractivity (Wildman–Crippen MR) is 104 cm³/mol. The second-order valence-electron chi connectivity index (χ2n) is 8.96. The fourth-order valence-corrected chi connectivity index (χ4v) is 2.68. The van der Waals surface area contributed by atoms with Crippen LogP contribution in [0.3, 0.4) is 0 Å². The summed E-state index contributed by atoms with van der Waals surface area (Å²) in [5.41, 5.74) is 1.86. The Balaban J connectivity index is 2.54. The number of hydrogen-bond donors (Lipinski definition) is 2. The van der Waals surface area contributed by atoms with Crippen LogP contribution in [0.4, 0.5) is 13.2 Å². The van der Waals surface area contributed by atoms with Crippen LogP contribution in [0, 0.1) is 0 Å². The molecular formula is C22H28F3NO. The van der Waals surface area contributed by atoms with Crippen LogP contribution in [0.1, 0.15) is 58.2 Å². The Morgan fingerprint density at radius 3 is 1.85 bits per heavy atom. The Hall–Kier alpha value is -2.01. The van der Waals surface area contributed by atoms with Gasteiger partial charge in [0.05, 0.1) is 5.56 Å². The maximum absolute atomic E-state index is 12.8. The normalized spacial score (nSPS) is 13.1. The topological polar surface area (TPSA) is 32.3 Å². The van der Waals surface area contributed by atoms with Crippen molar-refractivity contribution in [3.05, 3.63) is 53.1 Å². The van der Waals surface area contributed by atoms with E-state index in [2.05, 4.69) is 26.1 Å². The molecule has 0 bridgehead atoms. The Labute approximate surface area is 159 Å². The molecule has 2 aromatic rings. The number of alkyl halides is 3. The van der Waals surface area contributed by atoms with E-state index in [4.69, 9.17) is 0 Å². The van der Waals surface area contributed by atoms with Crippen molar-refractivity contribution >= 4 is 0 Å². The zero-order chi connectivity index (χ0) is 20.6. The first-order valence-electron chi connectivity index (χ1n) is 8.97. The van der Waals surface area contributed by atoms with E-state index in [1.54, 1.807) is 0 Å². The van der Waals surface area contributed by atoms with Gasteiger partial charge in [-0.3, -0.25) is 0 Å². The van der Waals surface area contributed by atoms with Crippen molar-refractivity contribution in [1.29, 1.82) is 0 Å². The van der Waals surface area contributed by atoms with E-state index >= 15 is 0 Å². The second-order valence-corrected chi connectivity index (χ2v) is 8.96. The lowest BCUT2D eigenvalue weighted by Gasteiger charge is -2.25. The van der Waals surface area contributed by atoms with Gasteiger partial charge in [0.15, 0.2) is 0 Å². The van der Waals surface area contributed by atoms with E-state index in [9.17, 15) is 18.3 Å². The maximum atomic E-state index is 12.8. The predicted octanol–water partition coefficient (Wildman–Crippen LogP) is 6.26. The van der Waals surface area contributed by atoms with Gasteiger partial charge in [-0.25, -0.2) is 0 Å². The molecule has 0 radical (unpaired) electrons. The SMILES string of the molecule is CC(C)(C)NCc1cc(C(C)(C)C)cc(-c2ccc(C(F)(F)F)cc2)c1O. The van der Waals surface area contributed by atoms with Gasteiger partial charge in [-0.1, -0.05) is 39.0 Å². The van der Waals surface area contributed by atoms with Crippen molar-refractivity contribution in [2.24, 2.45) is 0 Å². The van der Waals surface area contributed by atoms with Gasteiger partial charge in [0.25, 0.3) is 0 Å². The highest BCUT2D eigenvalue weighted by Crippen LogP contribution is 2.38. The molecule has 0 saturated heterocycles. The third kappa shape index (κ3) is 5.48. The Kier molecular flexibility index (Phi) is 5.67. The number of halogens is 3. The molecule has 0 aliphatic heterocycles. The molecule has 0 aliphatic carbocycles. The summed E-state index contributed by atoms with van der Waals surface area (Å²) in [6, 6.07) is 8.73. The molecule has 0 aromatic heterocycles. The largest absolute Gasteiger partial charge is 0.507 e. The lowest BCUT2D eigenvalue weighted by Crippen LogP contribution is -2.35. The molecule has 2 nitrogen and oxygen atoms in total. The van der Waals surface area contributed by atoms with Crippen LogP contribution in [0.25, 0.3) is 11.1 Å². The van der Waals surface area contributed by atoms with Gasteiger partial charge in [0.1, 0.15) is 5.75 Å². The summed E-state index contributed by atoms with van der Waals surface area (Å²) >= 11 is 0. The van der Waals surface area contributed by atoms with Crippen LogP contribution >= 0.6 is 0 Å². The molecule has 0 unspecified atom stereocenters. The van der Waals surface area contributed by atoms with Crippen molar-refractivity contribution in [2.75, 3.05) is 0 Å². The fraction of sp³-hybridized carbons (Fsp3) is 0.455. The van der Waals surface area contributed by atoms with Crippen molar-refractivity contribution in [3.63, 3.8) is 0 Å². The quantitative estimate of drug-likeness (QED) is 0.659. The maximum Gasteiger partial charge on any atom is 0.416 e. The fourth-order valence-electron chi connectivity index (χ4n) is 2.68. The smallest absolute Gasteiger partial charge is 0.416 e. The summed E-state index contributed by atoms with van der Waals surface area (Å²) in [6.45, 7) is 12.8. The number of nitrogens with one attached hydrogen (secondary N) is 1. The first kappa shape index (κ1) is 21.3. The van der Waals surface area contributed by atoms with Crippen LogP contribution in [0.2, 0.25) is 0 Å². The summed E-state index contributed by atoms with van der Waals surface area (Å²) < 4.78 is 38.5. The van der Waals surface area contributed by atoms with E-state index in [0.717, 1.165) is 23.3 Å². The molecule has 0 fully saturated rings. The van der Waals surface area contributed by atoms with Crippen LogP contribution in [-0.2, 0) is 18.1 Å². The number of benzene rings is 2. The molecular weight excluding hydrogens is 351 g/mol. The highest BCUT2D eigenvalue weighted by atomic mass is 19.4. The van der Waals surface area contributed by atoms with E-state index in [0.29, 0.717) is 17.7 Å². The van der Waals surface area contributed by atoms with Gasteiger partial charge in [0.2, 0.25) is 0 Å². The standard InChI is InChI=1S/C22H28F3NO/c1-20(2,3)17-11-15(13-26-21(4,5)6)19(27)18(12-17)14-7-9-16(10-8-14)22(23,24)25/h7-12,26-27H,13H2,1-6H3. The molecule has 5 heteroatoms. The minimum absolute atomic E-state index is 0.0968. The molecule has 0 aliphatic rings. The molecule has 2 N–H and O–H groups in total. The minimum atomic E-state index is -4.38. The van der Waals surface area contributed by atoms with Crippen LogP contribution < -0.4 is 5.32 Å².